The number of nitrogens with one attached hydrogen (secondary N) is 2. The molecule has 1 aromatic rings. The average Bonchev–Trinajstić information content (AvgIpc) is 2.78. The van der Waals surface area contributed by atoms with E-state index in [-0.39, 0.29) is 24.4 Å². The van der Waals surface area contributed by atoms with Crippen molar-refractivity contribution in [1.82, 2.24) is 20.5 Å². The van der Waals surface area contributed by atoms with E-state index in [0.717, 1.165) is 30.1 Å². The lowest BCUT2D eigenvalue weighted by molar-refractivity contribution is -0.134. The van der Waals surface area contributed by atoms with Crippen molar-refractivity contribution >= 4 is 23.7 Å². The monoisotopic (exact) mass is 345 g/mol. The van der Waals surface area contributed by atoms with Gasteiger partial charge in [0.05, 0.1) is 0 Å². The molecule has 0 bridgehead atoms. The zero-order valence-corrected chi connectivity index (χ0v) is 14.5. The molecule has 0 aromatic carbocycles. The summed E-state index contributed by atoms with van der Waals surface area (Å²) in [7, 11) is 0. The van der Waals surface area contributed by atoms with Crippen LogP contribution in [0.25, 0.3) is 0 Å². The largest absolute Gasteiger partial charge is 0.355 e. The van der Waals surface area contributed by atoms with Crippen molar-refractivity contribution in [3.8, 4) is 0 Å². The summed E-state index contributed by atoms with van der Waals surface area (Å²) in [4.78, 5) is 43.7. The molecule has 8 nitrogen and oxygen atoms in total. The molecule has 134 valence electrons. The minimum atomic E-state index is -0.960. The highest BCUT2D eigenvalue weighted by atomic mass is 16.2. The van der Waals surface area contributed by atoms with E-state index in [1.807, 2.05) is 18.2 Å². The van der Waals surface area contributed by atoms with E-state index in [0.29, 0.717) is 6.54 Å². The maximum atomic E-state index is 12.3. The molecule has 2 fully saturated rings. The van der Waals surface area contributed by atoms with Gasteiger partial charge in [-0.2, -0.15) is 0 Å². The van der Waals surface area contributed by atoms with Gasteiger partial charge in [-0.3, -0.25) is 14.5 Å². The van der Waals surface area contributed by atoms with Crippen LogP contribution in [0.15, 0.2) is 24.4 Å². The first-order valence-corrected chi connectivity index (χ1v) is 8.46. The number of aromatic nitrogens is 1. The van der Waals surface area contributed by atoms with Crippen LogP contribution < -0.4 is 15.5 Å². The van der Waals surface area contributed by atoms with Gasteiger partial charge >= 0.3 is 6.03 Å². The van der Waals surface area contributed by atoms with Crippen molar-refractivity contribution in [2.75, 3.05) is 24.5 Å². The molecule has 25 heavy (non-hydrogen) atoms. The zero-order valence-electron chi connectivity index (χ0n) is 14.5. The lowest BCUT2D eigenvalue weighted by atomic mass is 10.1. The first kappa shape index (κ1) is 17.2. The van der Waals surface area contributed by atoms with Crippen LogP contribution in [0.4, 0.5) is 10.6 Å². The Balaban J connectivity index is 1.56. The van der Waals surface area contributed by atoms with Gasteiger partial charge in [-0.1, -0.05) is 6.07 Å². The molecule has 1 atom stereocenters. The van der Waals surface area contributed by atoms with Crippen LogP contribution in [0.1, 0.15) is 26.7 Å². The van der Waals surface area contributed by atoms with E-state index in [1.165, 1.54) is 0 Å². The molecule has 0 aliphatic carbocycles. The Labute approximate surface area is 146 Å². The second-order valence-electron chi connectivity index (χ2n) is 6.99. The molecule has 2 saturated heterocycles. The molecule has 2 aliphatic rings. The average molecular weight is 345 g/mol. The molecule has 2 N–H and O–H groups in total. The normalized spacial score (nSPS) is 22.7. The third kappa shape index (κ3) is 3.72. The number of hydrogen-bond acceptors (Lipinski definition) is 5. The van der Waals surface area contributed by atoms with Crippen LogP contribution in [0, 0.1) is 0 Å². The van der Waals surface area contributed by atoms with Gasteiger partial charge in [-0.05, 0) is 38.8 Å². The number of amides is 4. The minimum Gasteiger partial charge on any atom is -0.355 e. The van der Waals surface area contributed by atoms with Gasteiger partial charge < -0.3 is 15.5 Å². The molecule has 8 heteroatoms. The van der Waals surface area contributed by atoms with E-state index in [9.17, 15) is 14.4 Å². The predicted octanol–water partition coefficient (Wildman–Crippen LogP) is 0.497. The van der Waals surface area contributed by atoms with Crippen molar-refractivity contribution < 1.29 is 14.4 Å². The molecular formula is C17H23N5O3. The van der Waals surface area contributed by atoms with Gasteiger partial charge in [0.2, 0.25) is 5.91 Å². The van der Waals surface area contributed by atoms with Crippen LogP contribution in [0.5, 0.6) is 0 Å². The zero-order chi connectivity index (χ0) is 18.0. The summed E-state index contributed by atoms with van der Waals surface area (Å²) in [5.74, 6) is 0.178. The molecular weight excluding hydrogens is 322 g/mol. The number of urea groups is 1. The smallest absolute Gasteiger partial charge is 0.325 e. The summed E-state index contributed by atoms with van der Waals surface area (Å²) >= 11 is 0. The summed E-state index contributed by atoms with van der Waals surface area (Å²) in [5, 5.41) is 5.50. The molecule has 3 rings (SSSR count). The Morgan fingerprint density at radius 2 is 2.20 bits per heavy atom. The predicted molar refractivity (Wildman–Crippen MR) is 91.9 cm³/mol. The van der Waals surface area contributed by atoms with Gasteiger partial charge in [-0.15, -0.1) is 0 Å². The Morgan fingerprint density at radius 1 is 1.40 bits per heavy atom. The number of imide groups is 1. The number of pyridine rings is 1. The van der Waals surface area contributed by atoms with Crippen molar-refractivity contribution in [2.45, 2.75) is 38.3 Å². The van der Waals surface area contributed by atoms with Crippen LogP contribution >= 0.6 is 0 Å². The number of hydrogen-bond donors (Lipinski definition) is 2. The summed E-state index contributed by atoms with van der Waals surface area (Å²) in [6.07, 6.45) is 3.55. The number of carbonyl (C=O) groups excluding carboxylic acids is 3. The summed E-state index contributed by atoms with van der Waals surface area (Å²) in [5.41, 5.74) is -0.960. The molecule has 0 saturated carbocycles. The first-order valence-electron chi connectivity index (χ1n) is 8.46. The number of carbonyl (C=O) groups is 3. The number of nitrogens with zero attached hydrogens (tertiary/aromatic N) is 3. The minimum absolute atomic E-state index is 0.0305. The molecule has 2 aliphatic heterocycles. The fourth-order valence-corrected chi connectivity index (χ4v) is 3.22. The third-order valence-corrected chi connectivity index (χ3v) is 4.51. The molecule has 0 radical (unpaired) electrons. The third-order valence-electron chi connectivity index (χ3n) is 4.51. The van der Waals surface area contributed by atoms with Crippen LogP contribution in [-0.2, 0) is 9.59 Å². The summed E-state index contributed by atoms with van der Waals surface area (Å²) in [6.45, 7) is 4.54. The van der Waals surface area contributed by atoms with E-state index >= 15 is 0 Å². The summed E-state index contributed by atoms with van der Waals surface area (Å²) < 4.78 is 0. The lowest BCUT2D eigenvalue weighted by Gasteiger charge is -2.34. The van der Waals surface area contributed by atoms with E-state index in [2.05, 4.69) is 20.5 Å². The van der Waals surface area contributed by atoms with Gasteiger partial charge in [-0.25, -0.2) is 9.78 Å². The quantitative estimate of drug-likeness (QED) is 0.775. The Bertz CT molecular complexity index is 676. The molecule has 0 unspecified atom stereocenters. The van der Waals surface area contributed by atoms with Crippen molar-refractivity contribution in [1.29, 1.82) is 0 Å². The van der Waals surface area contributed by atoms with Gasteiger partial charge in [0, 0.05) is 25.3 Å². The van der Waals surface area contributed by atoms with Gasteiger partial charge in [0.15, 0.2) is 0 Å². The highest BCUT2D eigenvalue weighted by Gasteiger charge is 2.45. The Kier molecular flexibility index (Phi) is 4.61. The van der Waals surface area contributed by atoms with Crippen molar-refractivity contribution in [3.63, 3.8) is 0 Å². The molecule has 1 aromatic heterocycles. The van der Waals surface area contributed by atoms with E-state index < -0.39 is 11.6 Å². The first-order chi connectivity index (χ1) is 11.9. The second kappa shape index (κ2) is 6.70. The molecule has 0 spiro atoms. The van der Waals surface area contributed by atoms with Crippen LogP contribution in [0.2, 0.25) is 0 Å². The number of piperidine rings is 1. The number of rotatable bonds is 4. The fourth-order valence-electron chi connectivity index (χ4n) is 3.22. The lowest BCUT2D eigenvalue weighted by Crippen LogP contribution is -2.51. The maximum Gasteiger partial charge on any atom is 0.325 e. The van der Waals surface area contributed by atoms with Crippen molar-refractivity contribution in [2.24, 2.45) is 0 Å². The van der Waals surface area contributed by atoms with Crippen molar-refractivity contribution in [3.05, 3.63) is 24.4 Å². The number of anilines is 1. The van der Waals surface area contributed by atoms with E-state index in [4.69, 9.17) is 0 Å². The van der Waals surface area contributed by atoms with Crippen LogP contribution in [-0.4, -0.2) is 58.9 Å². The Morgan fingerprint density at radius 3 is 2.84 bits per heavy atom. The van der Waals surface area contributed by atoms with Gasteiger partial charge in [0.1, 0.15) is 17.9 Å². The Hall–Kier alpha value is -2.64. The highest BCUT2D eigenvalue weighted by Crippen LogP contribution is 2.18. The van der Waals surface area contributed by atoms with E-state index in [1.54, 1.807) is 20.0 Å². The molecule has 3 heterocycles. The topological polar surface area (TPSA) is 94.6 Å². The highest BCUT2D eigenvalue weighted by molar-refractivity contribution is 6.08. The van der Waals surface area contributed by atoms with Crippen LogP contribution in [0.3, 0.4) is 0 Å². The fraction of sp³-hybridized carbons (Fsp3) is 0.529. The molecule has 4 amide bonds. The second-order valence-corrected chi connectivity index (χ2v) is 6.99. The maximum absolute atomic E-state index is 12.3. The standard InChI is InChI=1S/C17H23N5O3/c1-17(2)15(24)22(16(25)20-17)11-14(23)19-12-6-5-9-21(10-12)13-7-3-4-8-18-13/h3-4,7-8,12H,5-6,9-11H2,1-2H3,(H,19,23)(H,20,25)/t12-/m1/s1. The van der Waals surface area contributed by atoms with Gasteiger partial charge in [0.25, 0.3) is 5.91 Å². The SMILES string of the molecule is CC1(C)NC(=O)N(CC(=O)N[C@@H]2CCCN(c3ccccn3)C2)C1=O. The summed E-state index contributed by atoms with van der Waals surface area (Å²) in [6, 6.07) is 5.19.